The summed E-state index contributed by atoms with van der Waals surface area (Å²) in [7, 11) is 2.23. The molecule has 0 bridgehead atoms. The summed E-state index contributed by atoms with van der Waals surface area (Å²) in [5.41, 5.74) is 1.25. The molecule has 0 saturated heterocycles. The summed E-state index contributed by atoms with van der Waals surface area (Å²) in [6.07, 6.45) is 7.30. The molecule has 2 rings (SSSR count). The van der Waals surface area contributed by atoms with Gasteiger partial charge in [0.25, 0.3) is 0 Å². The number of nitrogens with zero attached hydrogens (tertiary/aromatic N) is 1. The maximum absolute atomic E-state index is 5.70. The van der Waals surface area contributed by atoms with Crippen LogP contribution in [0.2, 0.25) is 0 Å². The second-order valence-electron chi connectivity index (χ2n) is 6.79. The minimum atomic E-state index is 0.514. The van der Waals surface area contributed by atoms with E-state index >= 15 is 0 Å². The Hall–Kier alpha value is -0.800. The van der Waals surface area contributed by atoms with Gasteiger partial charge >= 0.3 is 0 Å². The molecule has 0 radical (unpaired) electrons. The lowest BCUT2D eigenvalue weighted by Crippen LogP contribution is -2.34. The van der Waals surface area contributed by atoms with E-state index in [2.05, 4.69) is 44.1 Å². The van der Waals surface area contributed by atoms with Crippen molar-refractivity contribution in [3.63, 3.8) is 0 Å². The molecule has 0 aromatic carbocycles. The molecular formula is C17H30N2O. The third kappa shape index (κ3) is 4.64. The van der Waals surface area contributed by atoms with Gasteiger partial charge in [-0.15, -0.1) is 0 Å². The van der Waals surface area contributed by atoms with Crippen molar-refractivity contribution < 1.29 is 4.42 Å². The molecule has 3 nitrogen and oxygen atoms in total. The van der Waals surface area contributed by atoms with Gasteiger partial charge < -0.3 is 9.73 Å². The SMILES string of the molecule is CC1CCC(N(C)Cc2cc(CNC(C)C)co2)CC1. The van der Waals surface area contributed by atoms with Gasteiger partial charge in [-0.25, -0.2) is 0 Å². The van der Waals surface area contributed by atoms with Crippen molar-refractivity contribution in [1.82, 2.24) is 10.2 Å². The summed E-state index contributed by atoms with van der Waals surface area (Å²) in [5, 5.41) is 3.42. The molecule has 1 N–H and O–H groups in total. The summed E-state index contributed by atoms with van der Waals surface area (Å²) in [4.78, 5) is 2.46. The normalized spacial score (nSPS) is 23.7. The van der Waals surface area contributed by atoms with E-state index in [0.717, 1.165) is 30.8 Å². The van der Waals surface area contributed by atoms with Gasteiger partial charge in [-0.2, -0.15) is 0 Å². The summed E-state index contributed by atoms with van der Waals surface area (Å²) >= 11 is 0. The fraction of sp³-hybridized carbons (Fsp3) is 0.765. The first kappa shape index (κ1) is 15.6. The van der Waals surface area contributed by atoms with E-state index < -0.39 is 0 Å². The van der Waals surface area contributed by atoms with Gasteiger partial charge in [0, 0.05) is 24.2 Å². The van der Waals surface area contributed by atoms with Crippen molar-refractivity contribution in [1.29, 1.82) is 0 Å². The van der Waals surface area contributed by atoms with Crippen LogP contribution in [0.15, 0.2) is 16.7 Å². The van der Waals surface area contributed by atoms with Crippen LogP contribution in [0, 0.1) is 5.92 Å². The first-order chi connectivity index (χ1) is 9.54. The molecule has 0 amide bonds. The molecule has 20 heavy (non-hydrogen) atoms. The number of rotatable bonds is 6. The average Bonchev–Trinajstić information content (AvgIpc) is 2.84. The Morgan fingerprint density at radius 3 is 2.65 bits per heavy atom. The van der Waals surface area contributed by atoms with E-state index in [-0.39, 0.29) is 0 Å². The van der Waals surface area contributed by atoms with Crippen molar-refractivity contribution >= 4 is 0 Å². The van der Waals surface area contributed by atoms with Crippen LogP contribution >= 0.6 is 0 Å². The zero-order chi connectivity index (χ0) is 14.5. The molecule has 0 aliphatic heterocycles. The van der Waals surface area contributed by atoms with Crippen LogP contribution in [0.5, 0.6) is 0 Å². The zero-order valence-corrected chi connectivity index (χ0v) is 13.5. The van der Waals surface area contributed by atoms with E-state index in [0.29, 0.717) is 6.04 Å². The topological polar surface area (TPSA) is 28.4 Å². The minimum Gasteiger partial charge on any atom is -0.468 e. The second kappa shape index (κ2) is 7.28. The maximum Gasteiger partial charge on any atom is 0.118 e. The lowest BCUT2D eigenvalue weighted by Gasteiger charge is -2.33. The Morgan fingerprint density at radius 2 is 2.00 bits per heavy atom. The first-order valence-corrected chi connectivity index (χ1v) is 8.04. The third-order valence-electron chi connectivity index (χ3n) is 4.44. The fourth-order valence-electron chi connectivity index (χ4n) is 2.98. The molecule has 1 aliphatic carbocycles. The highest BCUT2D eigenvalue weighted by Crippen LogP contribution is 2.27. The average molecular weight is 278 g/mol. The van der Waals surface area contributed by atoms with Crippen molar-refractivity contribution in [2.75, 3.05) is 7.05 Å². The fourth-order valence-corrected chi connectivity index (χ4v) is 2.98. The highest BCUT2D eigenvalue weighted by molar-refractivity contribution is 5.12. The standard InChI is InChI=1S/C17H30N2O/c1-13(2)18-10-15-9-17(20-12-15)11-19(4)16-7-5-14(3)6-8-16/h9,12-14,16,18H,5-8,10-11H2,1-4H3. The summed E-state index contributed by atoms with van der Waals surface area (Å²) in [6, 6.07) is 3.44. The summed E-state index contributed by atoms with van der Waals surface area (Å²) in [5.74, 6) is 2.00. The van der Waals surface area contributed by atoms with E-state index in [1.165, 1.54) is 31.2 Å². The Balaban J connectivity index is 1.80. The molecule has 3 heteroatoms. The molecular weight excluding hydrogens is 248 g/mol. The Kier molecular flexibility index (Phi) is 5.67. The summed E-state index contributed by atoms with van der Waals surface area (Å²) in [6.45, 7) is 8.53. The smallest absolute Gasteiger partial charge is 0.118 e. The van der Waals surface area contributed by atoms with Gasteiger partial charge in [-0.3, -0.25) is 4.90 Å². The molecule has 1 aromatic heterocycles. The van der Waals surface area contributed by atoms with Crippen molar-refractivity contribution in [3.8, 4) is 0 Å². The van der Waals surface area contributed by atoms with E-state index in [1.54, 1.807) is 0 Å². The van der Waals surface area contributed by atoms with Gasteiger partial charge in [0.05, 0.1) is 12.8 Å². The van der Waals surface area contributed by atoms with Crippen LogP contribution in [0.3, 0.4) is 0 Å². The predicted octanol–water partition coefficient (Wildman–Crippen LogP) is 3.79. The Bertz CT molecular complexity index is 391. The highest BCUT2D eigenvalue weighted by Gasteiger charge is 2.22. The number of furan rings is 1. The predicted molar refractivity (Wildman–Crippen MR) is 83.6 cm³/mol. The molecule has 1 aromatic rings. The zero-order valence-electron chi connectivity index (χ0n) is 13.5. The van der Waals surface area contributed by atoms with Gasteiger partial charge in [0.15, 0.2) is 0 Å². The maximum atomic E-state index is 5.70. The lowest BCUT2D eigenvalue weighted by molar-refractivity contribution is 0.154. The molecule has 0 atom stereocenters. The molecule has 0 spiro atoms. The number of hydrogen-bond donors (Lipinski definition) is 1. The Morgan fingerprint density at radius 1 is 1.30 bits per heavy atom. The third-order valence-corrected chi connectivity index (χ3v) is 4.44. The molecule has 1 aliphatic rings. The van der Waals surface area contributed by atoms with Crippen molar-refractivity contribution in [3.05, 3.63) is 23.7 Å². The first-order valence-electron chi connectivity index (χ1n) is 8.04. The monoisotopic (exact) mass is 278 g/mol. The van der Waals surface area contributed by atoms with Crippen LogP contribution in [-0.2, 0) is 13.1 Å². The van der Waals surface area contributed by atoms with Crippen LogP contribution in [0.4, 0.5) is 0 Å². The van der Waals surface area contributed by atoms with Gasteiger partial charge in [-0.1, -0.05) is 20.8 Å². The van der Waals surface area contributed by atoms with E-state index in [9.17, 15) is 0 Å². The van der Waals surface area contributed by atoms with Crippen LogP contribution in [0.25, 0.3) is 0 Å². The van der Waals surface area contributed by atoms with Gasteiger partial charge in [0.1, 0.15) is 5.76 Å². The molecule has 0 unspecified atom stereocenters. The molecule has 1 fully saturated rings. The van der Waals surface area contributed by atoms with Crippen LogP contribution in [0.1, 0.15) is 57.8 Å². The summed E-state index contributed by atoms with van der Waals surface area (Å²) < 4.78 is 5.70. The van der Waals surface area contributed by atoms with E-state index in [1.807, 2.05) is 6.26 Å². The number of nitrogens with one attached hydrogen (secondary N) is 1. The number of hydrogen-bond acceptors (Lipinski definition) is 3. The van der Waals surface area contributed by atoms with Gasteiger partial charge in [0.2, 0.25) is 0 Å². The minimum absolute atomic E-state index is 0.514. The van der Waals surface area contributed by atoms with E-state index in [4.69, 9.17) is 4.42 Å². The quantitative estimate of drug-likeness (QED) is 0.858. The van der Waals surface area contributed by atoms with Crippen molar-refractivity contribution in [2.45, 2.75) is 71.6 Å². The van der Waals surface area contributed by atoms with Crippen LogP contribution < -0.4 is 5.32 Å². The highest BCUT2D eigenvalue weighted by atomic mass is 16.3. The molecule has 114 valence electrons. The van der Waals surface area contributed by atoms with Gasteiger partial charge in [-0.05, 0) is 44.7 Å². The second-order valence-corrected chi connectivity index (χ2v) is 6.79. The lowest BCUT2D eigenvalue weighted by atomic mass is 9.87. The van der Waals surface area contributed by atoms with Crippen LogP contribution in [-0.4, -0.2) is 24.0 Å². The van der Waals surface area contributed by atoms with Crippen molar-refractivity contribution in [2.24, 2.45) is 5.92 Å². The molecule has 1 saturated carbocycles. The molecule has 1 heterocycles. The Labute approximate surface area is 123 Å². The largest absolute Gasteiger partial charge is 0.468 e.